The average Bonchev–Trinajstić information content (AvgIpc) is 2.73. The van der Waals surface area contributed by atoms with Gasteiger partial charge in [-0.2, -0.15) is 0 Å². The van der Waals surface area contributed by atoms with E-state index in [9.17, 15) is 0 Å². The number of rotatable bonds is 3. The summed E-state index contributed by atoms with van der Waals surface area (Å²) in [5.74, 6) is 1.12. The number of hydrogen-bond donors (Lipinski definition) is 1. The zero-order valence-electron chi connectivity index (χ0n) is 11.2. The number of nitrogens with one attached hydrogen (secondary N) is 1. The molecule has 0 radical (unpaired) electrons. The lowest BCUT2D eigenvalue weighted by molar-refractivity contribution is 0.0374. The van der Waals surface area contributed by atoms with Crippen molar-refractivity contribution in [3.63, 3.8) is 0 Å². The molecule has 1 saturated heterocycles. The lowest BCUT2D eigenvalue weighted by atomic mass is 9.95. The molecule has 0 aromatic heterocycles. The van der Waals surface area contributed by atoms with E-state index in [1.165, 1.54) is 6.42 Å². The van der Waals surface area contributed by atoms with Crippen LogP contribution in [0.1, 0.15) is 46.5 Å². The van der Waals surface area contributed by atoms with Crippen molar-refractivity contribution in [1.82, 2.24) is 5.32 Å². The number of nitrogens with zero attached hydrogens (tertiary/aromatic N) is 1. The van der Waals surface area contributed by atoms with E-state index in [2.05, 4.69) is 26.1 Å². The van der Waals surface area contributed by atoms with E-state index in [0.717, 1.165) is 43.4 Å². The van der Waals surface area contributed by atoms with E-state index < -0.39 is 0 Å². The van der Waals surface area contributed by atoms with Crippen molar-refractivity contribution in [3.8, 4) is 0 Å². The minimum atomic E-state index is 0.0850. The molecule has 98 valence electrons. The third-order valence-electron chi connectivity index (χ3n) is 3.98. The number of amidine groups is 1. The molecule has 1 fully saturated rings. The molecule has 2 aliphatic rings. The fourth-order valence-corrected chi connectivity index (χ4v) is 3.90. The highest BCUT2D eigenvalue weighted by Gasteiger charge is 2.35. The molecular formula is C13H24N2OS. The zero-order chi connectivity index (χ0) is 12.4. The van der Waals surface area contributed by atoms with Gasteiger partial charge in [0.05, 0.1) is 17.7 Å². The maximum Gasteiger partial charge on any atom is 0.157 e. The fraction of sp³-hybridized carbons (Fsp3) is 0.923. The van der Waals surface area contributed by atoms with E-state index in [-0.39, 0.29) is 11.1 Å². The Hall–Kier alpha value is -0.220. The molecule has 0 amide bonds. The molecule has 0 saturated carbocycles. The zero-order valence-corrected chi connectivity index (χ0v) is 12.0. The fourth-order valence-electron chi connectivity index (χ4n) is 2.45. The lowest BCUT2D eigenvalue weighted by Crippen LogP contribution is -2.50. The Morgan fingerprint density at radius 3 is 2.71 bits per heavy atom. The van der Waals surface area contributed by atoms with Crippen molar-refractivity contribution in [3.05, 3.63) is 0 Å². The van der Waals surface area contributed by atoms with Crippen LogP contribution in [0.3, 0.4) is 0 Å². The molecule has 0 aromatic carbocycles. The Balaban J connectivity index is 2.00. The topological polar surface area (TPSA) is 33.6 Å². The van der Waals surface area contributed by atoms with Gasteiger partial charge in [0.25, 0.3) is 0 Å². The van der Waals surface area contributed by atoms with E-state index in [1.54, 1.807) is 0 Å². The summed E-state index contributed by atoms with van der Waals surface area (Å²) in [5, 5.41) is 4.73. The molecule has 0 spiro atoms. The van der Waals surface area contributed by atoms with Crippen molar-refractivity contribution in [2.75, 3.05) is 19.0 Å². The first kappa shape index (κ1) is 13.2. The van der Waals surface area contributed by atoms with Crippen molar-refractivity contribution >= 4 is 16.9 Å². The molecule has 4 heteroatoms. The predicted molar refractivity (Wildman–Crippen MR) is 74.8 cm³/mol. The Kier molecular flexibility index (Phi) is 4.03. The van der Waals surface area contributed by atoms with Gasteiger partial charge in [-0.1, -0.05) is 25.6 Å². The number of thioether (sulfide) groups is 1. The summed E-state index contributed by atoms with van der Waals surface area (Å²) in [4.78, 5) is 4.91. The van der Waals surface area contributed by atoms with Crippen molar-refractivity contribution in [2.45, 2.75) is 57.5 Å². The van der Waals surface area contributed by atoms with Gasteiger partial charge in [0.2, 0.25) is 0 Å². The lowest BCUT2D eigenvalue weighted by Gasteiger charge is -2.34. The summed E-state index contributed by atoms with van der Waals surface area (Å²) in [7, 11) is 0. The van der Waals surface area contributed by atoms with Crippen molar-refractivity contribution in [1.29, 1.82) is 0 Å². The predicted octanol–water partition coefficient (Wildman–Crippen LogP) is 2.81. The standard InChI is InChI=1S/C13H24N2OS/c1-4-13(5-2)10-17-11(15-13)14-12(3)7-6-8-16-9-12/h4-10H2,1-3H3,(H,14,15). The summed E-state index contributed by atoms with van der Waals surface area (Å²) in [6.07, 6.45) is 4.59. The van der Waals surface area contributed by atoms with Crippen LogP contribution in [0.5, 0.6) is 0 Å². The smallest absolute Gasteiger partial charge is 0.157 e. The highest BCUT2D eigenvalue weighted by Crippen LogP contribution is 2.33. The minimum Gasteiger partial charge on any atom is -0.379 e. The van der Waals surface area contributed by atoms with E-state index in [0.29, 0.717) is 0 Å². The molecule has 3 nitrogen and oxygen atoms in total. The van der Waals surface area contributed by atoms with Crippen LogP contribution in [0.15, 0.2) is 4.99 Å². The van der Waals surface area contributed by atoms with Crippen LogP contribution in [0, 0.1) is 0 Å². The summed E-state index contributed by atoms with van der Waals surface area (Å²) in [6.45, 7) is 8.43. The van der Waals surface area contributed by atoms with Gasteiger partial charge in [-0.05, 0) is 32.6 Å². The van der Waals surface area contributed by atoms with E-state index in [4.69, 9.17) is 9.73 Å². The number of ether oxygens (including phenoxy) is 1. The molecule has 2 aliphatic heterocycles. The van der Waals surface area contributed by atoms with Crippen LogP contribution in [0.4, 0.5) is 0 Å². The van der Waals surface area contributed by atoms with Gasteiger partial charge in [0, 0.05) is 12.4 Å². The van der Waals surface area contributed by atoms with Crippen LogP contribution < -0.4 is 5.32 Å². The van der Waals surface area contributed by atoms with Gasteiger partial charge < -0.3 is 10.1 Å². The largest absolute Gasteiger partial charge is 0.379 e. The van der Waals surface area contributed by atoms with Crippen LogP contribution in [-0.4, -0.2) is 35.2 Å². The SMILES string of the molecule is CCC1(CC)CSC(NC2(C)CCCOC2)=N1. The first-order valence-corrected chi connectivity index (χ1v) is 7.68. The molecule has 17 heavy (non-hydrogen) atoms. The first-order chi connectivity index (χ1) is 8.11. The molecule has 1 N–H and O–H groups in total. The van der Waals surface area contributed by atoms with Crippen LogP contribution >= 0.6 is 11.8 Å². The normalized spacial score (nSPS) is 32.3. The van der Waals surface area contributed by atoms with Gasteiger partial charge in [0.1, 0.15) is 0 Å². The molecule has 0 aromatic rings. The maximum atomic E-state index is 5.57. The Morgan fingerprint density at radius 2 is 2.18 bits per heavy atom. The second-order valence-corrected chi connectivity index (χ2v) is 6.44. The Bertz CT molecular complexity index is 294. The Morgan fingerprint density at radius 1 is 1.41 bits per heavy atom. The van der Waals surface area contributed by atoms with Gasteiger partial charge in [0.15, 0.2) is 5.17 Å². The summed E-state index contributed by atoms with van der Waals surface area (Å²) in [5.41, 5.74) is 0.264. The number of hydrogen-bond acceptors (Lipinski definition) is 4. The second-order valence-electron chi connectivity index (χ2n) is 5.48. The van der Waals surface area contributed by atoms with Crippen LogP contribution in [-0.2, 0) is 4.74 Å². The number of aliphatic imine (C=N–C) groups is 1. The van der Waals surface area contributed by atoms with Crippen molar-refractivity contribution < 1.29 is 4.74 Å². The molecule has 2 heterocycles. The third kappa shape index (κ3) is 2.97. The van der Waals surface area contributed by atoms with Gasteiger partial charge in [-0.3, -0.25) is 4.99 Å². The third-order valence-corrected chi connectivity index (χ3v) is 5.13. The van der Waals surface area contributed by atoms with E-state index >= 15 is 0 Å². The molecular weight excluding hydrogens is 232 g/mol. The van der Waals surface area contributed by atoms with Gasteiger partial charge in [-0.15, -0.1) is 0 Å². The molecule has 1 unspecified atom stereocenters. The second kappa shape index (κ2) is 5.19. The van der Waals surface area contributed by atoms with Crippen LogP contribution in [0.25, 0.3) is 0 Å². The summed E-state index contributed by atoms with van der Waals surface area (Å²) < 4.78 is 5.57. The molecule has 1 atom stereocenters. The highest BCUT2D eigenvalue weighted by molar-refractivity contribution is 8.14. The van der Waals surface area contributed by atoms with Crippen molar-refractivity contribution in [2.24, 2.45) is 4.99 Å². The molecule has 0 aliphatic carbocycles. The minimum absolute atomic E-state index is 0.0850. The summed E-state index contributed by atoms with van der Waals surface area (Å²) in [6, 6.07) is 0. The molecule has 0 bridgehead atoms. The van der Waals surface area contributed by atoms with Crippen LogP contribution in [0.2, 0.25) is 0 Å². The quantitative estimate of drug-likeness (QED) is 0.843. The first-order valence-electron chi connectivity index (χ1n) is 6.70. The van der Waals surface area contributed by atoms with E-state index in [1.807, 2.05) is 11.8 Å². The molecule has 2 rings (SSSR count). The van der Waals surface area contributed by atoms with Gasteiger partial charge in [-0.25, -0.2) is 0 Å². The van der Waals surface area contributed by atoms with Gasteiger partial charge >= 0.3 is 0 Å². The summed E-state index contributed by atoms with van der Waals surface area (Å²) >= 11 is 1.87. The monoisotopic (exact) mass is 256 g/mol. The average molecular weight is 256 g/mol. The maximum absolute atomic E-state index is 5.57. The highest BCUT2D eigenvalue weighted by atomic mass is 32.2. The Labute approximate surface area is 109 Å².